The zero-order chi connectivity index (χ0) is 26.5. The molecule has 0 saturated heterocycles. The summed E-state index contributed by atoms with van der Waals surface area (Å²) in [6.45, 7) is 5.53. The Morgan fingerprint density at radius 2 is 1.22 bits per heavy atom. The molecule has 37 heavy (non-hydrogen) atoms. The summed E-state index contributed by atoms with van der Waals surface area (Å²) in [4.78, 5) is 7.98. The largest absolute Gasteiger partial charge is 0.494 e. The number of nitrogens with one attached hydrogen (secondary N) is 2. The first kappa shape index (κ1) is 28.1. The maximum absolute atomic E-state index is 13.6. The lowest BCUT2D eigenvalue weighted by Crippen LogP contribution is -2.12. The van der Waals surface area contributed by atoms with Crippen molar-refractivity contribution in [3.8, 4) is 11.5 Å². The van der Waals surface area contributed by atoms with Crippen molar-refractivity contribution in [2.75, 3.05) is 23.8 Å². The second-order valence-corrected chi connectivity index (χ2v) is 8.72. The Kier molecular flexibility index (Phi) is 10.9. The Bertz CT molecular complexity index is 1070. The fraction of sp³-hybridized carbons (Fsp3) is 0.429. The summed E-state index contributed by atoms with van der Waals surface area (Å²) in [6.07, 6.45) is 3.79. The van der Waals surface area contributed by atoms with Crippen LogP contribution in [0, 0.1) is 0 Å². The molecule has 1 aromatic heterocycles. The highest BCUT2D eigenvalue weighted by Gasteiger charge is 2.35. The van der Waals surface area contributed by atoms with Crippen molar-refractivity contribution >= 4 is 23.1 Å². The van der Waals surface area contributed by atoms with Gasteiger partial charge in [0, 0.05) is 17.6 Å². The molecule has 3 rings (SSSR count). The molecule has 0 saturated carbocycles. The Balaban J connectivity index is 1.65. The third kappa shape index (κ3) is 9.48. The molecule has 0 aliphatic carbocycles. The Labute approximate surface area is 216 Å². The average molecular weight is 517 g/mol. The van der Waals surface area contributed by atoms with Gasteiger partial charge in [-0.05, 0) is 61.4 Å². The van der Waals surface area contributed by atoms with E-state index >= 15 is 0 Å². The maximum Gasteiger partial charge on any atom is 0.421 e. The zero-order valence-electron chi connectivity index (χ0n) is 21.4. The highest BCUT2D eigenvalue weighted by Crippen LogP contribution is 2.35. The lowest BCUT2D eigenvalue weighted by molar-refractivity contribution is -0.137. The Hall–Kier alpha value is -3.49. The van der Waals surface area contributed by atoms with E-state index in [1.54, 1.807) is 48.5 Å². The van der Waals surface area contributed by atoms with Gasteiger partial charge in [0.05, 0.1) is 13.2 Å². The number of anilines is 4. The summed E-state index contributed by atoms with van der Waals surface area (Å²) >= 11 is 0. The van der Waals surface area contributed by atoms with Crippen molar-refractivity contribution in [1.82, 2.24) is 9.97 Å². The molecule has 9 heteroatoms. The molecule has 0 amide bonds. The van der Waals surface area contributed by atoms with E-state index in [2.05, 4.69) is 34.4 Å². The molecule has 6 nitrogen and oxygen atoms in total. The van der Waals surface area contributed by atoms with Crippen LogP contribution in [0.15, 0.2) is 54.7 Å². The average Bonchev–Trinajstić information content (AvgIpc) is 2.88. The van der Waals surface area contributed by atoms with Crippen LogP contribution in [0.4, 0.5) is 36.3 Å². The van der Waals surface area contributed by atoms with Crippen LogP contribution in [0.5, 0.6) is 11.5 Å². The molecule has 2 N–H and O–H groups in total. The topological polar surface area (TPSA) is 68.3 Å². The van der Waals surface area contributed by atoms with Gasteiger partial charge in [0.1, 0.15) is 22.9 Å². The standard InChI is InChI=1S/C28H35F3N4O2/c1-3-5-7-9-19-37-24-16-12-22(13-17-24)34-27-32-20-25(28(29,30)31)26(35-27)33-21-10-14-23(15-11-21)36-18-8-6-4-2/h10-17,20H,3-9,18-19H2,1-2H3,(H2,32,33,34,35). The van der Waals surface area contributed by atoms with Crippen molar-refractivity contribution in [3.63, 3.8) is 0 Å². The van der Waals surface area contributed by atoms with Crippen molar-refractivity contribution in [2.24, 2.45) is 0 Å². The third-order valence-corrected chi connectivity index (χ3v) is 5.60. The van der Waals surface area contributed by atoms with Crippen molar-refractivity contribution in [3.05, 3.63) is 60.3 Å². The summed E-state index contributed by atoms with van der Waals surface area (Å²) < 4.78 is 52.3. The van der Waals surface area contributed by atoms with Gasteiger partial charge in [-0.3, -0.25) is 0 Å². The first-order valence-electron chi connectivity index (χ1n) is 12.8. The number of nitrogens with zero attached hydrogens (tertiary/aromatic N) is 2. The molecule has 0 fully saturated rings. The molecule has 0 radical (unpaired) electrons. The Morgan fingerprint density at radius 1 is 0.703 bits per heavy atom. The smallest absolute Gasteiger partial charge is 0.421 e. The number of alkyl halides is 3. The van der Waals surface area contributed by atoms with Gasteiger partial charge in [0.25, 0.3) is 0 Å². The monoisotopic (exact) mass is 516 g/mol. The number of aromatic nitrogens is 2. The molecular weight excluding hydrogens is 481 g/mol. The van der Waals surface area contributed by atoms with E-state index < -0.39 is 11.7 Å². The summed E-state index contributed by atoms with van der Waals surface area (Å²) in [5, 5.41) is 5.73. The van der Waals surface area contributed by atoms with E-state index in [4.69, 9.17) is 9.47 Å². The van der Waals surface area contributed by atoms with Crippen molar-refractivity contribution in [2.45, 2.75) is 65.0 Å². The van der Waals surface area contributed by atoms with E-state index in [1.165, 1.54) is 12.8 Å². The fourth-order valence-corrected chi connectivity index (χ4v) is 3.54. The molecule has 0 unspecified atom stereocenters. The molecule has 200 valence electrons. The van der Waals surface area contributed by atoms with E-state index in [0.717, 1.165) is 44.1 Å². The molecule has 0 bridgehead atoms. The number of rotatable bonds is 15. The van der Waals surface area contributed by atoms with Crippen LogP contribution in [-0.4, -0.2) is 23.2 Å². The molecule has 0 aliphatic rings. The summed E-state index contributed by atoms with van der Waals surface area (Å²) in [7, 11) is 0. The quantitative estimate of drug-likeness (QED) is 0.197. The van der Waals surface area contributed by atoms with Gasteiger partial charge in [0.15, 0.2) is 0 Å². The van der Waals surface area contributed by atoms with Crippen LogP contribution in [0.2, 0.25) is 0 Å². The van der Waals surface area contributed by atoms with Gasteiger partial charge in [-0.2, -0.15) is 18.2 Å². The van der Waals surface area contributed by atoms with Crippen LogP contribution in [0.1, 0.15) is 64.4 Å². The van der Waals surface area contributed by atoms with Crippen molar-refractivity contribution in [1.29, 1.82) is 0 Å². The molecule has 0 spiro atoms. The Morgan fingerprint density at radius 3 is 1.76 bits per heavy atom. The summed E-state index contributed by atoms with van der Waals surface area (Å²) in [6, 6.07) is 13.9. The molecule has 2 aromatic carbocycles. The van der Waals surface area contributed by atoms with Gasteiger partial charge in [-0.15, -0.1) is 0 Å². The SMILES string of the molecule is CCCCCCOc1ccc(Nc2ncc(C(F)(F)F)c(Nc3ccc(OCCCCC)cc3)n2)cc1. The van der Waals surface area contributed by atoms with Crippen LogP contribution in [-0.2, 0) is 6.18 Å². The minimum absolute atomic E-state index is 0.0413. The third-order valence-electron chi connectivity index (χ3n) is 5.60. The van der Waals surface area contributed by atoms with Gasteiger partial charge in [-0.25, -0.2) is 4.98 Å². The number of ether oxygens (including phenoxy) is 2. The predicted octanol–water partition coefficient (Wildman–Crippen LogP) is 8.51. The molecule has 0 aliphatic heterocycles. The van der Waals surface area contributed by atoms with Crippen LogP contribution >= 0.6 is 0 Å². The second-order valence-electron chi connectivity index (χ2n) is 8.72. The minimum atomic E-state index is -4.61. The maximum atomic E-state index is 13.6. The minimum Gasteiger partial charge on any atom is -0.494 e. The lowest BCUT2D eigenvalue weighted by atomic mass is 10.2. The number of hydrogen-bond donors (Lipinski definition) is 2. The fourth-order valence-electron chi connectivity index (χ4n) is 3.54. The van der Waals surface area contributed by atoms with Crippen LogP contribution in [0.25, 0.3) is 0 Å². The highest BCUT2D eigenvalue weighted by atomic mass is 19.4. The molecule has 1 heterocycles. The first-order valence-corrected chi connectivity index (χ1v) is 12.8. The normalized spacial score (nSPS) is 11.3. The predicted molar refractivity (Wildman–Crippen MR) is 141 cm³/mol. The van der Waals surface area contributed by atoms with Gasteiger partial charge in [0.2, 0.25) is 5.95 Å². The lowest BCUT2D eigenvalue weighted by Gasteiger charge is -2.15. The number of hydrogen-bond acceptors (Lipinski definition) is 6. The number of halogens is 3. The van der Waals surface area contributed by atoms with Crippen LogP contribution < -0.4 is 20.1 Å². The zero-order valence-corrected chi connectivity index (χ0v) is 21.4. The van der Waals surface area contributed by atoms with E-state index in [1.807, 2.05) is 0 Å². The summed E-state index contributed by atoms with van der Waals surface area (Å²) in [5.41, 5.74) is 0.134. The first-order chi connectivity index (χ1) is 17.9. The van der Waals surface area contributed by atoms with E-state index in [0.29, 0.717) is 30.3 Å². The highest BCUT2D eigenvalue weighted by molar-refractivity contribution is 5.63. The summed E-state index contributed by atoms with van der Waals surface area (Å²) in [5.74, 6) is 1.10. The second kappa shape index (κ2) is 14.3. The molecule has 3 aromatic rings. The molecule has 0 atom stereocenters. The number of unbranched alkanes of at least 4 members (excludes halogenated alkanes) is 5. The van der Waals surface area contributed by atoms with Crippen LogP contribution in [0.3, 0.4) is 0 Å². The molecular formula is C28H35F3N4O2. The van der Waals surface area contributed by atoms with E-state index in [-0.39, 0.29) is 11.8 Å². The number of benzene rings is 2. The van der Waals surface area contributed by atoms with Gasteiger partial charge >= 0.3 is 6.18 Å². The van der Waals surface area contributed by atoms with E-state index in [9.17, 15) is 13.2 Å². The van der Waals surface area contributed by atoms with Gasteiger partial charge < -0.3 is 20.1 Å². The van der Waals surface area contributed by atoms with Crippen molar-refractivity contribution < 1.29 is 22.6 Å². The van der Waals surface area contributed by atoms with Gasteiger partial charge in [-0.1, -0.05) is 46.0 Å².